The quantitative estimate of drug-likeness (QED) is 0.621. The van der Waals surface area contributed by atoms with Gasteiger partial charge >= 0.3 is 12.0 Å². The Balaban J connectivity index is 1.57. The number of amides is 2. The van der Waals surface area contributed by atoms with Crippen LogP contribution in [0, 0.1) is 25.7 Å². The number of nitrogens with zero attached hydrogens (tertiary/aromatic N) is 1. The van der Waals surface area contributed by atoms with Crippen LogP contribution >= 0.6 is 0 Å². The third kappa shape index (κ3) is 6.82. The predicted octanol–water partition coefficient (Wildman–Crippen LogP) is 5.06. The molecule has 2 amide bonds. The normalized spacial score (nSPS) is 18.4. The van der Waals surface area contributed by atoms with Crippen molar-refractivity contribution < 1.29 is 19.4 Å². The molecule has 31 heavy (non-hydrogen) atoms. The molecule has 2 aromatic rings. The minimum Gasteiger partial charge on any atom is -0.480 e. The smallest absolute Gasteiger partial charge is 0.329 e. The summed E-state index contributed by atoms with van der Waals surface area (Å²) in [6.45, 7) is 4.96. The molecule has 1 saturated carbocycles. The molecule has 1 fully saturated rings. The summed E-state index contributed by atoms with van der Waals surface area (Å²) >= 11 is 0. The van der Waals surface area contributed by atoms with Crippen LogP contribution < -0.4 is 10.2 Å². The van der Waals surface area contributed by atoms with E-state index < -0.39 is 5.97 Å². The standard InChI is InChI=1S/C25H32N2O4/c1-18-3-11-22(12-4-18)27(23-13-5-19(2)6-14-23)25(30)26-15-20-7-9-21(10-8-20)16-31-17-24(28)29/h3-6,11-14,20-21H,7-10,15-17H2,1-2H3,(H,26,30)(H,28,29)/t20-,21-. The fourth-order valence-electron chi connectivity index (χ4n) is 4.00. The Bertz CT molecular complexity index is 811. The first-order valence-electron chi connectivity index (χ1n) is 10.9. The molecular formula is C25H32N2O4. The first-order chi connectivity index (χ1) is 14.9. The fraction of sp³-hybridized carbons (Fsp3) is 0.440. The van der Waals surface area contributed by atoms with Crippen LogP contribution in [0.1, 0.15) is 36.8 Å². The highest BCUT2D eigenvalue weighted by Crippen LogP contribution is 2.29. The molecule has 0 bridgehead atoms. The maximum Gasteiger partial charge on any atom is 0.329 e. The molecule has 2 N–H and O–H groups in total. The zero-order chi connectivity index (χ0) is 22.2. The van der Waals surface area contributed by atoms with Crippen molar-refractivity contribution in [1.82, 2.24) is 5.32 Å². The highest BCUT2D eigenvalue weighted by atomic mass is 16.5. The van der Waals surface area contributed by atoms with Crippen LogP contribution in [-0.4, -0.2) is 36.9 Å². The fourth-order valence-corrected chi connectivity index (χ4v) is 4.00. The number of carbonyl (C=O) groups is 2. The van der Waals surface area contributed by atoms with Gasteiger partial charge in [-0.2, -0.15) is 0 Å². The lowest BCUT2D eigenvalue weighted by Gasteiger charge is -2.29. The van der Waals surface area contributed by atoms with Crippen LogP contribution in [0.15, 0.2) is 48.5 Å². The summed E-state index contributed by atoms with van der Waals surface area (Å²) in [5.41, 5.74) is 3.98. The lowest BCUT2D eigenvalue weighted by atomic mass is 9.82. The third-order valence-corrected chi connectivity index (χ3v) is 5.87. The molecule has 0 radical (unpaired) electrons. The number of ether oxygens (including phenoxy) is 1. The Morgan fingerprint density at radius 1 is 0.903 bits per heavy atom. The van der Waals surface area contributed by atoms with Gasteiger partial charge < -0.3 is 15.2 Å². The first-order valence-corrected chi connectivity index (χ1v) is 10.9. The van der Waals surface area contributed by atoms with Gasteiger partial charge in [0, 0.05) is 6.54 Å². The molecule has 0 saturated heterocycles. The van der Waals surface area contributed by atoms with Crippen molar-refractivity contribution in [2.24, 2.45) is 11.8 Å². The van der Waals surface area contributed by atoms with E-state index in [9.17, 15) is 9.59 Å². The van der Waals surface area contributed by atoms with Crippen LogP contribution in [0.25, 0.3) is 0 Å². The zero-order valence-electron chi connectivity index (χ0n) is 18.3. The van der Waals surface area contributed by atoms with E-state index in [2.05, 4.69) is 5.32 Å². The number of anilines is 2. The number of carbonyl (C=O) groups excluding carboxylic acids is 1. The van der Waals surface area contributed by atoms with Gasteiger partial charge in [0.15, 0.2) is 0 Å². The van der Waals surface area contributed by atoms with E-state index in [4.69, 9.17) is 9.84 Å². The molecule has 0 aromatic heterocycles. The molecule has 166 valence electrons. The minimum atomic E-state index is -0.928. The molecule has 0 heterocycles. The van der Waals surface area contributed by atoms with E-state index in [-0.39, 0.29) is 12.6 Å². The maximum atomic E-state index is 13.2. The number of aryl methyl sites for hydroxylation is 2. The van der Waals surface area contributed by atoms with Gasteiger partial charge in [0.1, 0.15) is 6.61 Å². The lowest BCUT2D eigenvalue weighted by molar-refractivity contribution is -0.142. The molecule has 2 aromatic carbocycles. The zero-order valence-corrected chi connectivity index (χ0v) is 18.3. The molecule has 1 aliphatic carbocycles. The Kier molecular flexibility index (Phi) is 8.06. The molecule has 0 aliphatic heterocycles. The second kappa shape index (κ2) is 11.0. The SMILES string of the molecule is Cc1ccc(N(C(=O)NC[C@H]2CC[C@H](COCC(=O)O)CC2)c2ccc(C)cc2)cc1. The van der Waals surface area contributed by atoms with Gasteiger partial charge in [-0.15, -0.1) is 0 Å². The van der Waals surface area contributed by atoms with Crippen molar-refractivity contribution in [2.45, 2.75) is 39.5 Å². The van der Waals surface area contributed by atoms with E-state index in [1.54, 1.807) is 4.90 Å². The van der Waals surface area contributed by atoms with Crippen molar-refractivity contribution in [2.75, 3.05) is 24.7 Å². The van der Waals surface area contributed by atoms with Crippen molar-refractivity contribution >= 4 is 23.4 Å². The molecule has 3 rings (SSSR count). The van der Waals surface area contributed by atoms with Gasteiger partial charge in [-0.1, -0.05) is 35.4 Å². The minimum absolute atomic E-state index is 0.125. The summed E-state index contributed by atoms with van der Waals surface area (Å²) in [7, 11) is 0. The van der Waals surface area contributed by atoms with Crippen molar-refractivity contribution in [3.8, 4) is 0 Å². The average Bonchev–Trinajstić information content (AvgIpc) is 2.76. The molecule has 1 aliphatic rings. The molecular weight excluding hydrogens is 392 g/mol. The number of urea groups is 1. The van der Waals surface area contributed by atoms with Crippen molar-refractivity contribution in [3.05, 3.63) is 59.7 Å². The Morgan fingerprint density at radius 2 is 1.39 bits per heavy atom. The molecule has 6 nitrogen and oxygen atoms in total. The number of carboxylic acid groups (broad SMARTS) is 1. The van der Waals surface area contributed by atoms with E-state index in [1.807, 2.05) is 62.4 Å². The number of benzene rings is 2. The third-order valence-electron chi connectivity index (χ3n) is 5.87. The van der Waals surface area contributed by atoms with Crippen LogP contribution in [0.5, 0.6) is 0 Å². The van der Waals surface area contributed by atoms with Crippen LogP contribution in [0.4, 0.5) is 16.2 Å². The molecule has 6 heteroatoms. The maximum absolute atomic E-state index is 13.2. The highest BCUT2D eigenvalue weighted by Gasteiger charge is 2.24. The number of carboxylic acids is 1. The summed E-state index contributed by atoms with van der Waals surface area (Å²) in [5, 5.41) is 11.8. The summed E-state index contributed by atoms with van der Waals surface area (Å²) in [6, 6.07) is 15.8. The van der Waals surface area contributed by atoms with Crippen LogP contribution in [0.2, 0.25) is 0 Å². The first kappa shape index (κ1) is 22.8. The highest BCUT2D eigenvalue weighted by molar-refractivity contribution is 5.99. The number of hydrogen-bond donors (Lipinski definition) is 2. The topological polar surface area (TPSA) is 78.9 Å². The average molecular weight is 425 g/mol. The van der Waals surface area contributed by atoms with Gasteiger partial charge in [-0.3, -0.25) is 4.90 Å². The molecule has 0 spiro atoms. The number of aliphatic carboxylic acids is 1. The van der Waals surface area contributed by atoms with E-state index in [0.717, 1.165) is 48.2 Å². The van der Waals surface area contributed by atoms with E-state index in [0.29, 0.717) is 25.0 Å². The summed E-state index contributed by atoms with van der Waals surface area (Å²) in [6.07, 6.45) is 4.02. The van der Waals surface area contributed by atoms with Gasteiger partial charge in [0.2, 0.25) is 0 Å². The Morgan fingerprint density at radius 3 is 1.87 bits per heavy atom. The molecule has 0 atom stereocenters. The van der Waals surface area contributed by atoms with Gasteiger partial charge in [-0.25, -0.2) is 9.59 Å². The number of nitrogens with one attached hydrogen (secondary N) is 1. The van der Waals surface area contributed by atoms with E-state index >= 15 is 0 Å². The summed E-state index contributed by atoms with van der Waals surface area (Å²) < 4.78 is 5.24. The van der Waals surface area contributed by atoms with Crippen LogP contribution in [0.3, 0.4) is 0 Å². The second-order valence-electron chi connectivity index (χ2n) is 8.49. The number of hydrogen-bond acceptors (Lipinski definition) is 3. The van der Waals surface area contributed by atoms with Crippen molar-refractivity contribution in [3.63, 3.8) is 0 Å². The van der Waals surface area contributed by atoms with Gasteiger partial charge in [-0.05, 0) is 75.6 Å². The van der Waals surface area contributed by atoms with Gasteiger partial charge in [0.25, 0.3) is 0 Å². The number of rotatable bonds is 8. The van der Waals surface area contributed by atoms with E-state index in [1.165, 1.54) is 0 Å². The van der Waals surface area contributed by atoms with Crippen molar-refractivity contribution in [1.29, 1.82) is 0 Å². The predicted molar refractivity (Wildman–Crippen MR) is 122 cm³/mol. The second-order valence-corrected chi connectivity index (χ2v) is 8.49. The Hall–Kier alpha value is -2.86. The lowest BCUT2D eigenvalue weighted by Crippen LogP contribution is -2.40. The summed E-state index contributed by atoms with van der Waals surface area (Å²) in [5.74, 6) is -0.0939. The summed E-state index contributed by atoms with van der Waals surface area (Å²) in [4.78, 5) is 25.5. The van der Waals surface area contributed by atoms with Gasteiger partial charge in [0.05, 0.1) is 18.0 Å². The Labute approximate surface area is 184 Å². The molecule has 0 unspecified atom stereocenters. The largest absolute Gasteiger partial charge is 0.480 e. The monoisotopic (exact) mass is 424 g/mol. The van der Waals surface area contributed by atoms with Crippen LogP contribution in [-0.2, 0) is 9.53 Å².